The van der Waals surface area contributed by atoms with Gasteiger partial charge < -0.3 is 9.13 Å². The van der Waals surface area contributed by atoms with Crippen molar-refractivity contribution in [1.29, 1.82) is 0 Å². The molecular weight excluding hydrogens is 725 g/mol. The average Bonchev–Trinajstić information content (AvgIpc) is 3.83. The minimum atomic E-state index is 1.03. The van der Waals surface area contributed by atoms with Gasteiger partial charge in [-0.15, -0.1) is 0 Å². The van der Waals surface area contributed by atoms with E-state index in [1.54, 1.807) is 0 Å². The minimum absolute atomic E-state index is 1.03. The molecule has 2 heterocycles. The molecule has 280 valence electrons. The molecule has 0 unspecified atom stereocenters. The van der Waals surface area contributed by atoms with Gasteiger partial charge in [-0.2, -0.15) is 0 Å². The van der Waals surface area contributed by atoms with Crippen molar-refractivity contribution in [3.05, 3.63) is 211 Å². The second-order valence-corrected chi connectivity index (χ2v) is 16.4. The molecule has 1 aliphatic carbocycles. The smallest absolute Gasteiger partial charge is 0.0620 e. The van der Waals surface area contributed by atoms with E-state index in [-0.39, 0.29) is 0 Å². The first kappa shape index (κ1) is 33.3. The van der Waals surface area contributed by atoms with Gasteiger partial charge >= 0.3 is 0 Å². The van der Waals surface area contributed by atoms with Gasteiger partial charge in [0.15, 0.2) is 0 Å². The van der Waals surface area contributed by atoms with Gasteiger partial charge in [0.05, 0.1) is 27.9 Å². The SMILES string of the molecule is C1=Cc2c(c3ccccc3n2-c2c3cc(-c4ccc5ccccc5c4)ccc3c(-n3c4ccccc4c4ccccc43)c3cc(-c4ccc5ccccc5c4)ccc23)CC1. The van der Waals surface area contributed by atoms with Gasteiger partial charge in [0.2, 0.25) is 0 Å². The third kappa shape index (κ3) is 4.88. The predicted molar refractivity (Wildman–Crippen MR) is 256 cm³/mol. The minimum Gasteiger partial charge on any atom is -0.308 e. The van der Waals surface area contributed by atoms with Crippen LogP contribution in [0.15, 0.2) is 200 Å². The summed E-state index contributed by atoms with van der Waals surface area (Å²) >= 11 is 0. The number of aromatic nitrogens is 2. The van der Waals surface area contributed by atoms with Crippen LogP contribution in [0.5, 0.6) is 0 Å². The van der Waals surface area contributed by atoms with E-state index in [9.17, 15) is 0 Å². The third-order valence-corrected chi connectivity index (χ3v) is 13.1. The van der Waals surface area contributed by atoms with Crippen molar-refractivity contribution in [2.24, 2.45) is 0 Å². The van der Waals surface area contributed by atoms with Crippen molar-refractivity contribution in [2.75, 3.05) is 0 Å². The summed E-state index contributed by atoms with van der Waals surface area (Å²) in [6.45, 7) is 0. The molecule has 2 aromatic heterocycles. The van der Waals surface area contributed by atoms with Gasteiger partial charge in [0.25, 0.3) is 0 Å². The molecule has 0 radical (unpaired) electrons. The van der Waals surface area contributed by atoms with Crippen LogP contribution in [0.3, 0.4) is 0 Å². The van der Waals surface area contributed by atoms with E-state index < -0.39 is 0 Å². The molecule has 0 fully saturated rings. The molecule has 0 aliphatic heterocycles. The molecule has 0 bridgehead atoms. The largest absolute Gasteiger partial charge is 0.308 e. The summed E-state index contributed by atoms with van der Waals surface area (Å²) in [4.78, 5) is 0. The number of rotatable bonds is 4. The zero-order valence-electron chi connectivity index (χ0n) is 32.9. The Morgan fingerprint density at radius 2 is 0.750 bits per heavy atom. The number of para-hydroxylation sites is 3. The molecule has 60 heavy (non-hydrogen) atoms. The normalized spacial score (nSPS) is 12.8. The van der Waals surface area contributed by atoms with Crippen LogP contribution in [-0.4, -0.2) is 9.13 Å². The molecule has 0 spiro atoms. The molecule has 0 N–H and O–H groups in total. The second kappa shape index (κ2) is 12.9. The van der Waals surface area contributed by atoms with Crippen molar-refractivity contribution in [3.8, 4) is 33.6 Å². The maximum absolute atomic E-state index is 2.58. The van der Waals surface area contributed by atoms with Crippen molar-refractivity contribution in [1.82, 2.24) is 9.13 Å². The third-order valence-electron chi connectivity index (χ3n) is 13.1. The van der Waals surface area contributed by atoms with Gasteiger partial charge in [0.1, 0.15) is 0 Å². The molecule has 13 rings (SSSR count). The van der Waals surface area contributed by atoms with Crippen molar-refractivity contribution in [3.63, 3.8) is 0 Å². The van der Waals surface area contributed by atoms with Crippen LogP contribution >= 0.6 is 0 Å². The number of hydrogen-bond acceptors (Lipinski definition) is 0. The number of aryl methyl sites for hydroxylation is 1. The lowest BCUT2D eigenvalue weighted by Gasteiger charge is -2.23. The topological polar surface area (TPSA) is 9.86 Å². The van der Waals surface area contributed by atoms with Crippen LogP contribution < -0.4 is 0 Å². The van der Waals surface area contributed by atoms with E-state index in [0.717, 1.165) is 12.8 Å². The van der Waals surface area contributed by atoms with E-state index in [2.05, 4.69) is 215 Å². The van der Waals surface area contributed by atoms with E-state index in [1.165, 1.54) is 121 Å². The number of hydrogen-bond donors (Lipinski definition) is 0. The van der Waals surface area contributed by atoms with Gasteiger partial charge in [-0.3, -0.25) is 0 Å². The van der Waals surface area contributed by atoms with Crippen LogP contribution in [0.4, 0.5) is 0 Å². The lowest BCUT2D eigenvalue weighted by atomic mass is 9.91. The highest BCUT2D eigenvalue weighted by Gasteiger charge is 2.25. The zero-order chi connectivity index (χ0) is 39.3. The molecule has 0 amide bonds. The molecule has 0 atom stereocenters. The summed E-state index contributed by atoms with van der Waals surface area (Å²) in [6, 6.07) is 72.4. The van der Waals surface area contributed by atoms with Gasteiger partial charge in [-0.1, -0.05) is 158 Å². The summed E-state index contributed by atoms with van der Waals surface area (Å²) in [7, 11) is 0. The van der Waals surface area contributed by atoms with Crippen LogP contribution in [0, 0.1) is 0 Å². The summed E-state index contributed by atoms with van der Waals surface area (Å²) < 4.78 is 5.13. The van der Waals surface area contributed by atoms with E-state index in [0.29, 0.717) is 0 Å². The van der Waals surface area contributed by atoms with Gasteiger partial charge in [-0.05, 0) is 111 Å². The number of benzene rings is 10. The lowest BCUT2D eigenvalue weighted by Crippen LogP contribution is -2.05. The molecule has 1 aliphatic rings. The molecule has 2 nitrogen and oxygen atoms in total. The Morgan fingerprint density at radius 1 is 0.317 bits per heavy atom. The van der Waals surface area contributed by atoms with E-state index in [4.69, 9.17) is 0 Å². The maximum atomic E-state index is 2.58. The van der Waals surface area contributed by atoms with Crippen LogP contribution in [0.1, 0.15) is 17.7 Å². The van der Waals surface area contributed by atoms with Crippen molar-refractivity contribution < 1.29 is 0 Å². The van der Waals surface area contributed by atoms with Crippen molar-refractivity contribution >= 4 is 81.9 Å². The Bertz CT molecular complexity index is 3730. The fraction of sp³-hybridized carbons (Fsp3) is 0.0345. The highest BCUT2D eigenvalue weighted by atomic mass is 15.0. The van der Waals surface area contributed by atoms with Gasteiger partial charge in [-0.25, -0.2) is 0 Å². The summed E-state index contributed by atoms with van der Waals surface area (Å²) in [6.07, 6.45) is 6.81. The molecule has 12 aromatic rings. The van der Waals surface area contributed by atoms with E-state index >= 15 is 0 Å². The van der Waals surface area contributed by atoms with E-state index in [1.807, 2.05) is 0 Å². The number of nitrogens with zero attached hydrogens (tertiary/aromatic N) is 2. The highest BCUT2D eigenvalue weighted by Crippen LogP contribution is 2.47. The summed E-state index contributed by atoms with van der Waals surface area (Å²) in [5.74, 6) is 0. The number of fused-ring (bicyclic) bond motifs is 10. The predicted octanol–water partition coefficient (Wildman–Crippen LogP) is 15.6. The molecule has 10 aromatic carbocycles. The fourth-order valence-corrected chi connectivity index (χ4v) is 10.4. The Kier molecular flexibility index (Phi) is 7.17. The first-order valence-electron chi connectivity index (χ1n) is 21.1. The Morgan fingerprint density at radius 3 is 1.32 bits per heavy atom. The fourth-order valence-electron chi connectivity index (χ4n) is 10.4. The summed E-state index contributed by atoms with van der Waals surface area (Å²) in [5, 5.41) is 13.7. The molecule has 0 saturated carbocycles. The monoisotopic (exact) mass is 762 g/mol. The Labute approximate surface area is 347 Å². The highest BCUT2D eigenvalue weighted by molar-refractivity contribution is 6.20. The Hall–Kier alpha value is -7.68. The second-order valence-electron chi connectivity index (χ2n) is 16.4. The standard InChI is InChI=1S/C58H38N2/c1-3-15-39-33-41(27-25-37(39)13-1)43-29-31-49-51(35-43)57(59-53-21-9-5-17-45(53)46-18-6-10-22-54(46)59)50-32-30-44(42-28-26-38-14-2-4-16-40(38)34-42)36-52(50)58(49)60-55-23-11-7-19-47(55)48-20-8-12-24-56(48)60/h1-7,9-19,21-36H,8,20H2. The lowest BCUT2D eigenvalue weighted by molar-refractivity contribution is 0.971. The zero-order valence-corrected chi connectivity index (χ0v) is 32.9. The van der Waals surface area contributed by atoms with Crippen LogP contribution in [0.25, 0.3) is 116 Å². The molecular formula is C58H38N2. The van der Waals surface area contributed by atoms with Crippen LogP contribution in [0.2, 0.25) is 0 Å². The maximum Gasteiger partial charge on any atom is 0.0620 e. The molecule has 0 saturated heterocycles. The van der Waals surface area contributed by atoms with Crippen molar-refractivity contribution in [2.45, 2.75) is 12.8 Å². The summed E-state index contributed by atoms with van der Waals surface area (Å²) in [5.41, 5.74) is 13.6. The molecule has 2 heteroatoms. The average molecular weight is 763 g/mol. The number of allylic oxidation sites excluding steroid dienone is 1. The van der Waals surface area contributed by atoms with Gasteiger partial charge in [0, 0.05) is 43.4 Å². The Balaban J connectivity index is 1.22. The first-order chi connectivity index (χ1) is 29.8. The van der Waals surface area contributed by atoms with Crippen LogP contribution in [-0.2, 0) is 6.42 Å². The quantitative estimate of drug-likeness (QED) is 0.158. The first-order valence-corrected chi connectivity index (χ1v) is 21.1.